The molecule has 136 valence electrons. The topological polar surface area (TPSA) is 74.0 Å². The van der Waals surface area contributed by atoms with Gasteiger partial charge in [-0.15, -0.1) is 0 Å². The second-order valence-electron chi connectivity index (χ2n) is 5.90. The average molecular weight is 374 g/mol. The molecular formula is C18H20ClN5O2. The zero-order chi connectivity index (χ0) is 18.7. The number of aromatic nitrogens is 4. The van der Waals surface area contributed by atoms with Crippen molar-refractivity contribution in [2.75, 3.05) is 0 Å². The van der Waals surface area contributed by atoms with Crippen molar-refractivity contribution in [3.8, 4) is 5.75 Å². The number of halogens is 1. The molecule has 0 aliphatic carbocycles. The number of benzene rings is 1. The number of carbonyl (C=O) groups excluding carboxylic acids is 1. The number of hydrogen-bond donors (Lipinski definition) is 1. The van der Waals surface area contributed by atoms with Gasteiger partial charge in [-0.25, -0.2) is 4.68 Å². The number of carbonyl (C=O) groups is 1. The Morgan fingerprint density at radius 2 is 2.00 bits per heavy atom. The number of hydrogen-bond acceptors (Lipinski definition) is 4. The van der Waals surface area contributed by atoms with Gasteiger partial charge in [0.1, 0.15) is 11.4 Å². The van der Waals surface area contributed by atoms with E-state index < -0.39 is 0 Å². The van der Waals surface area contributed by atoms with Crippen LogP contribution in [0.5, 0.6) is 5.75 Å². The molecule has 8 heteroatoms. The van der Waals surface area contributed by atoms with Crippen LogP contribution in [0.1, 0.15) is 27.4 Å². The zero-order valence-corrected chi connectivity index (χ0v) is 15.6. The van der Waals surface area contributed by atoms with Crippen LogP contribution in [0.15, 0.2) is 36.5 Å². The maximum absolute atomic E-state index is 12.3. The van der Waals surface area contributed by atoms with Gasteiger partial charge in [0.05, 0.1) is 10.7 Å². The molecule has 3 aromatic rings. The van der Waals surface area contributed by atoms with E-state index in [1.54, 1.807) is 33.8 Å². The number of nitrogens with zero attached hydrogens (tertiary/aromatic N) is 4. The van der Waals surface area contributed by atoms with Crippen LogP contribution in [-0.4, -0.2) is 25.5 Å². The summed E-state index contributed by atoms with van der Waals surface area (Å²) in [5, 5.41) is 12.0. The predicted octanol–water partition coefficient (Wildman–Crippen LogP) is 2.85. The van der Waals surface area contributed by atoms with E-state index in [1.807, 2.05) is 33.0 Å². The molecule has 0 radical (unpaired) electrons. The first kappa shape index (κ1) is 18.0. The van der Waals surface area contributed by atoms with Crippen LogP contribution < -0.4 is 10.1 Å². The lowest BCUT2D eigenvalue weighted by atomic mass is 10.2. The lowest BCUT2D eigenvalue weighted by Gasteiger charge is -2.07. The molecule has 0 aliphatic rings. The normalized spacial score (nSPS) is 10.8. The minimum atomic E-state index is -0.246. The van der Waals surface area contributed by atoms with E-state index >= 15 is 0 Å². The average Bonchev–Trinajstić information content (AvgIpc) is 3.18. The highest BCUT2D eigenvalue weighted by molar-refractivity contribution is 6.32. The Bertz CT molecular complexity index is 932. The summed E-state index contributed by atoms with van der Waals surface area (Å²) >= 11 is 6.05. The lowest BCUT2D eigenvalue weighted by Crippen LogP contribution is -2.24. The molecule has 1 N–H and O–H groups in total. The summed E-state index contributed by atoms with van der Waals surface area (Å²) in [5.41, 5.74) is 3.28. The molecule has 0 saturated heterocycles. The van der Waals surface area contributed by atoms with Crippen molar-refractivity contribution in [1.29, 1.82) is 0 Å². The summed E-state index contributed by atoms with van der Waals surface area (Å²) < 4.78 is 8.95. The van der Waals surface area contributed by atoms with Gasteiger partial charge in [-0.05, 0) is 32.0 Å². The van der Waals surface area contributed by atoms with Gasteiger partial charge in [0.15, 0.2) is 6.73 Å². The smallest absolute Gasteiger partial charge is 0.272 e. The minimum absolute atomic E-state index is 0.165. The number of para-hydroxylation sites is 1. The van der Waals surface area contributed by atoms with Gasteiger partial charge in [-0.3, -0.25) is 9.48 Å². The third-order valence-electron chi connectivity index (χ3n) is 4.15. The summed E-state index contributed by atoms with van der Waals surface area (Å²) in [6.07, 6.45) is 1.69. The molecule has 1 amide bonds. The summed E-state index contributed by atoms with van der Waals surface area (Å²) in [5.74, 6) is 0.322. The van der Waals surface area contributed by atoms with Crippen molar-refractivity contribution in [2.24, 2.45) is 7.05 Å². The van der Waals surface area contributed by atoms with Crippen LogP contribution in [0.25, 0.3) is 0 Å². The molecule has 2 aromatic heterocycles. The fourth-order valence-corrected chi connectivity index (χ4v) is 2.77. The van der Waals surface area contributed by atoms with E-state index in [2.05, 4.69) is 15.5 Å². The van der Waals surface area contributed by atoms with E-state index in [-0.39, 0.29) is 12.6 Å². The summed E-state index contributed by atoms with van der Waals surface area (Å²) in [6.45, 7) is 4.47. The van der Waals surface area contributed by atoms with Crippen LogP contribution in [0, 0.1) is 13.8 Å². The fraction of sp³-hybridized carbons (Fsp3) is 0.278. The van der Waals surface area contributed by atoms with Crippen molar-refractivity contribution in [2.45, 2.75) is 27.1 Å². The highest BCUT2D eigenvalue weighted by atomic mass is 35.5. The minimum Gasteiger partial charge on any atom is -0.470 e. The summed E-state index contributed by atoms with van der Waals surface area (Å²) in [4.78, 5) is 12.3. The first-order valence-corrected chi connectivity index (χ1v) is 8.51. The highest BCUT2D eigenvalue weighted by Gasteiger charge is 2.13. The summed E-state index contributed by atoms with van der Waals surface area (Å²) in [6, 6.07) is 8.84. The molecule has 0 aliphatic heterocycles. The van der Waals surface area contributed by atoms with Crippen molar-refractivity contribution in [3.63, 3.8) is 0 Å². The second-order valence-corrected chi connectivity index (χ2v) is 6.31. The maximum Gasteiger partial charge on any atom is 0.272 e. The molecule has 0 fully saturated rings. The number of nitrogens with one attached hydrogen (secondary N) is 1. The molecule has 0 atom stereocenters. The van der Waals surface area contributed by atoms with E-state index in [0.717, 1.165) is 17.0 Å². The third kappa shape index (κ3) is 3.88. The number of rotatable bonds is 6. The molecule has 1 aromatic carbocycles. The highest BCUT2D eigenvalue weighted by Crippen LogP contribution is 2.23. The van der Waals surface area contributed by atoms with Crippen molar-refractivity contribution in [1.82, 2.24) is 24.9 Å². The standard InChI is InChI=1S/C18H20ClN5O2/c1-12-14(13(2)23(3)21-12)10-20-18(25)16-8-9-24(22-16)11-26-17-7-5-4-6-15(17)19/h4-9H,10-11H2,1-3H3,(H,20,25). The van der Waals surface area contributed by atoms with Gasteiger partial charge in [0.25, 0.3) is 5.91 Å². The molecule has 0 spiro atoms. The van der Waals surface area contributed by atoms with Crippen LogP contribution in [0.3, 0.4) is 0 Å². The molecule has 0 saturated carbocycles. The Morgan fingerprint density at radius 3 is 2.69 bits per heavy atom. The summed E-state index contributed by atoms with van der Waals surface area (Å²) in [7, 11) is 1.88. The Balaban J connectivity index is 1.58. The van der Waals surface area contributed by atoms with Crippen molar-refractivity contribution < 1.29 is 9.53 Å². The number of amides is 1. The Labute approximate surface area is 156 Å². The van der Waals surface area contributed by atoms with Gasteiger partial charge in [-0.1, -0.05) is 23.7 Å². The lowest BCUT2D eigenvalue weighted by molar-refractivity contribution is 0.0943. The Morgan fingerprint density at radius 1 is 1.23 bits per heavy atom. The van der Waals surface area contributed by atoms with Crippen LogP contribution in [0.4, 0.5) is 0 Å². The van der Waals surface area contributed by atoms with E-state index in [4.69, 9.17) is 16.3 Å². The predicted molar refractivity (Wildman–Crippen MR) is 98.2 cm³/mol. The first-order chi connectivity index (χ1) is 12.5. The first-order valence-electron chi connectivity index (χ1n) is 8.13. The van der Waals surface area contributed by atoms with Gasteiger partial charge in [-0.2, -0.15) is 10.2 Å². The fourth-order valence-electron chi connectivity index (χ4n) is 2.58. The van der Waals surface area contributed by atoms with Crippen LogP contribution in [-0.2, 0) is 20.3 Å². The molecular weight excluding hydrogens is 354 g/mol. The number of ether oxygens (including phenoxy) is 1. The van der Waals surface area contributed by atoms with Gasteiger partial charge >= 0.3 is 0 Å². The second kappa shape index (κ2) is 7.61. The Kier molecular flexibility index (Phi) is 5.27. The number of aryl methyl sites for hydroxylation is 2. The third-order valence-corrected chi connectivity index (χ3v) is 4.46. The molecule has 2 heterocycles. The zero-order valence-electron chi connectivity index (χ0n) is 14.9. The molecule has 0 unspecified atom stereocenters. The van der Waals surface area contributed by atoms with Crippen molar-refractivity contribution in [3.05, 3.63) is 64.2 Å². The molecule has 3 rings (SSSR count). The van der Waals surface area contributed by atoms with E-state index in [1.165, 1.54) is 0 Å². The molecule has 7 nitrogen and oxygen atoms in total. The van der Waals surface area contributed by atoms with Gasteiger partial charge < -0.3 is 10.1 Å². The largest absolute Gasteiger partial charge is 0.470 e. The van der Waals surface area contributed by atoms with E-state index in [9.17, 15) is 4.79 Å². The van der Waals surface area contributed by atoms with Crippen molar-refractivity contribution >= 4 is 17.5 Å². The van der Waals surface area contributed by atoms with E-state index in [0.29, 0.717) is 23.0 Å². The van der Waals surface area contributed by atoms with Gasteiger partial charge in [0, 0.05) is 31.0 Å². The maximum atomic E-state index is 12.3. The van der Waals surface area contributed by atoms with Gasteiger partial charge in [0.2, 0.25) is 0 Å². The monoisotopic (exact) mass is 373 g/mol. The van der Waals surface area contributed by atoms with Crippen LogP contribution in [0.2, 0.25) is 5.02 Å². The Hall–Kier alpha value is -2.80. The quantitative estimate of drug-likeness (QED) is 0.721. The molecule has 26 heavy (non-hydrogen) atoms. The molecule has 0 bridgehead atoms. The SMILES string of the molecule is Cc1nn(C)c(C)c1CNC(=O)c1ccn(COc2ccccc2Cl)n1. The van der Waals surface area contributed by atoms with Crippen LogP contribution >= 0.6 is 11.6 Å².